The molecule has 3 aromatic rings. The van der Waals surface area contributed by atoms with Crippen LogP contribution in [0, 0.1) is 6.92 Å². The topological polar surface area (TPSA) is 43.4 Å². The Kier molecular flexibility index (Phi) is 4.17. The third-order valence-corrected chi connectivity index (χ3v) is 4.30. The molecule has 0 aliphatic heterocycles. The van der Waals surface area contributed by atoms with Gasteiger partial charge in [-0.05, 0) is 59.5 Å². The smallest absolute Gasteiger partial charge is 0.338 e. The fourth-order valence-electron chi connectivity index (χ4n) is 3.00. The van der Waals surface area contributed by atoms with E-state index in [0.29, 0.717) is 11.1 Å². The lowest BCUT2D eigenvalue weighted by atomic mass is 9.90. The molecule has 0 saturated carbocycles. The number of Topliss-reactive ketones (excluding diaryl/α,β-unsaturated/α-hetero) is 1. The van der Waals surface area contributed by atoms with Crippen LogP contribution in [0.5, 0.6) is 0 Å². The fraction of sp³-hybridized carbons (Fsp3) is 0.143. The van der Waals surface area contributed by atoms with Gasteiger partial charge in [-0.15, -0.1) is 0 Å². The van der Waals surface area contributed by atoms with E-state index in [-0.39, 0.29) is 11.8 Å². The molecular weight excluding hydrogens is 300 g/mol. The molecule has 0 fully saturated rings. The van der Waals surface area contributed by atoms with Crippen molar-refractivity contribution in [2.75, 3.05) is 7.11 Å². The number of carbonyl (C=O) groups is 2. The van der Waals surface area contributed by atoms with Crippen LogP contribution < -0.4 is 0 Å². The first kappa shape index (κ1) is 15.9. The lowest BCUT2D eigenvalue weighted by Crippen LogP contribution is -2.05. The van der Waals surface area contributed by atoms with E-state index < -0.39 is 0 Å². The average Bonchev–Trinajstić information content (AvgIpc) is 2.60. The number of hydrogen-bond donors (Lipinski definition) is 0. The van der Waals surface area contributed by atoms with Gasteiger partial charge in [0.25, 0.3) is 0 Å². The predicted molar refractivity (Wildman–Crippen MR) is 95.5 cm³/mol. The molecule has 3 heteroatoms. The van der Waals surface area contributed by atoms with Gasteiger partial charge in [0.2, 0.25) is 0 Å². The van der Waals surface area contributed by atoms with Crippen molar-refractivity contribution in [1.29, 1.82) is 0 Å². The van der Waals surface area contributed by atoms with Crippen molar-refractivity contribution in [3.05, 3.63) is 71.3 Å². The maximum absolute atomic E-state index is 12.0. The standard InChI is InChI=1S/C21H18O3/c1-13-17(9-6-10-18(13)21(23)24-3)20-12-16(14(2)22)11-15-7-4-5-8-19(15)20/h4-12H,1-3H3. The minimum atomic E-state index is -0.360. The second-order valence-corrected chi connectivity index (χ2v) is 5.77. The normalized spacial score (nSPS) is 10.6. The van der Waals surface area contributed by atoms with E-state index in [4.69, 9.17) is 4.74 Å². The molecule has 0 bridgehead atoms. The molecule has 0 aromatic heterocycles. The molecule has 0 amide bonds. The number of ketones is 1. The third-order valence-electron chi connectivity index (χ3n) is 4.30. The van der Waals surface area contributed by atoms with E-state index in [9.17, 15) is 9.59 Å². The Balaban J connectivity index is 2.34. The molecule has 0 saturated heterocycles. The summed E-state index contributed by atoms with van der Waals surface area (Å²) in [6.07, 6.45) is 0. The summed E-state index contributed by atoms with van der Waals surface area (Å²) in [6.45, 7) is 3.46. The first-order valence-corrected chi connectivity index (χ1v) is 7.75. The van der Waals surface area contributed by atoms with Crippen molar-refractivity contribution >= 4 is 22.5 Å². The number of carbonyl (C=O) groups excluding carboxylic acids is 2. The zero-order chi connectivity index (χ0) is 17.3. The SMILES string of the molecule is COC(=O)c1cccc(-c2cc(C(C)=O)cc3ccccc23)c1C. The van der Waals surface area contributed by atoms with Crippen LogP contribution in [0.1, 0.15) is 33.2 Å². The molecule has 0 unspecified atom stereocenters. The van der Waals surface area contributed by atoms with Gasteiger partial charge in [0, 0.05) is 5.56 Å². The number of fused-ring (bicyclic) bond motifs is 1. The Bertz CT molecular complexity index is 954. The first-order chi connectivity index (χ1) is 11.5. The summed E-state index contributed by atoms with van der Waals surface area (Å²) in [5.41, 5.74) is 3.91. The number of esters is 1. The van der Waals surface area contributed by atoms with Gasteiger partial charge in [0.1, 0.15) is 0 Å². The lowest BCUT2D eigenvalue weighted by molar-refractivity contribution is 0.0600. The quantitative estimate of drug-likeness (QED) is 0.514. The summed E-state index contributed by atoms with van der Waals surface area (Å²) in [5, 5.41) is 2.05. The highest BCUT2D eigenvalue weighted by Gasteiger charge is 2.15. The molecule has 3 aromatic carbocycles. The van der Waals surface area contributed by atoms with E-state index in [1.54, 1.807) is 13.0 Å². The summed E-state index contributed by atoms with van der Waals surface area (Å²) in [5.74, 6) is -0.342. The minimum Gasteiger partial charge on any atom is -0.465 e. The number of benzene rings is 3. The van der Waals surface area contributed by atoms with Gasteiger partial charge in [-0.25, -0.2) is 4.79 Å². The molecule has 0 atom stereocenters. The van der Waals surface area contributed by atoms with Gasteiger partial charge in [0.05, 0.1) is 12.7 Å². The fourth-order valence-corrected chi connectivity index (χ4v) is 3.00. The molecular formula is C21H18O3. The van der Waals surface area contributed by atoms with Crippen molar-refractivity contribution in [3.8, 4) is 11.1 Å². The molecule has 0 aliphatic carbocycles. The van der Waals surface area contributed by atoms with E-state index in [1.165, 1.54) is 7.11 Å². The Morgan fingerprint density at radius 3 is 2.38 bits per heavy atom. The summed E-state index contributed by atoms with van der Waals surface area (Å²) < 4.78 is 4.86. The van der Waals surface area contributed by atoms with Crippen LogP contribution in [0.3, 0.4) is 0 Å². The zero-order valence-corrected chi connectivity index (χ0v) is 13.9. The highest BCUT2D eigenvalue weighted by molar-refractivity contribution is 6.05. The van der Waals surface area contributed by atoms with Crippen molar-refractivity contribution in [1.82, 2.24) is 0 Å². The van der Waals surface area contributed by atoms with E-state index in [1.807, 2.05) is 55.5 Å². The second kappa shape index (κ2) is 6.28. The minimum absolute atomic E-state index is 0.0174. The van der Waals surface area contributed by atoms with Crippen LogP contribution in [0.25, 0.3) is 21.9 Å². The Hall–Kier alpha value is -2.94. The Morgan fingerprint density at radius 1 is 0.917 bits per heavy atom. The number of rotatable bonds is 3. The molecule has 0 heterocycles. The van der Waals surface area contributed by atoms with Crippen LogP contribution in [0.2, 0.25) is 0 Å². The van der Waals surface area contributed by atoms with E-state index in [0.717, 1.165) is 27.5 Å². The molecule has 3 rings (SSSR count). The molecule has 3 nitrogen and oxygen atoms in total. The summed E-state index contributed by atoms with van der Waals surface area (Å²) in [6, 6.07) is 17.3. The van der Waals surface area contributed by atoms with Gasteiger partial charge >= 0.3 is 5.97 Å². The summed E-state index contributed by atoms with van der Waals surface area (Å²) in [7, 11) is 1.38. The highest BCUT2D eigenvalue weighted by atomic mass is 16.5. The third kappa shape index (κ3) is 2.69. The number of ether oxygens (including phenoxy) is 1. The molecule has 0 aliphatic rings. The largest absolute Gasteiger partial charge is 0.465 e. The highest BCUT2D eigenvalue weighted by Crippen LogP contribution is 2.33. The van der Waals surface area contributed by atoms with Gasteiger partial charge < -0.3 is 4.74 Å². The second-order valence-electron chi connectivity index (χ2n) is 5.77. The molecule has 24 heavy (non-hydrogen) atoms. The maximum atomic E-state index is 12.0. The van der Waals surface area contributed by atoms with Crippen LogP contribution in [0.4, 0.5) is 0 Å². The average molecular weight is 318 g/mol. The zero-order valence-electron chi connectivity index (χ0n) is 13.9. The van der Waals surface area contributed by atoms with E-state index >= 15 is 0 Å². The predicted octanol–water partition coefficient (Wildman–Crippen LogP) is 4.80. The number of hydrogen-bond acceptors (Lipinski definition) is 3. The van der Waals surface area contributed by atoms with Gasteiger partial charge in [-0.1, -0.05) is 36.4 Å². The molecule has 0 spiro atoms. The van der Waals surface area contributed by atoms with Gasteiger partial charge in [0.15, 0.2) is 5.78 Å². The van der Waals surface area contributed by atoms with Crippen LogP contribution in [-0.4, -0.2) is 18.9 Å². The van der Waals surface area contributed by atoms with Gasteiger partial charge in [-0.3, -0.25) is 4.79 Å². The van der Waals surface area contributed by atoms with Crippen molar-refractivity contribution in [2.45, 2.75) is 13.8 Å². The first-order valence-electron chi connectivity index (χ1n) is 7.75. The Labute approximate surface area is 140 Å². The van der Waals surface area contributed by atoms with Crippen LogP contribution in [-0.2, 0) is 4.74 Å². The van der Waals surface area contributed by atoms with Crippen LogP contribution in [0.15, 0.2) is 54.6 Å². The van der Waals surface area contributed by atoms with Crippen molar-refractivity contribution in [3.63, 3.8) is 0 Å². The van der Waals surface area contributed by atoms with E-state index in [2.05, 4.69) is 0 Å². The van der Waals surface area contributed by atoms with Crippen LogP contribution >= 0.6 is 0 Å². The van der Waals surface area contributed by atoms with Crippen molar-refractivity contribution < 1.29 is 14.3 Å². The monoisotopic (exact) mass is 318 g/mol. The van der Waals surface area contributed by atoms with Crippen molar-refractivity contribution in [2.24, 2.45) is 0 Å². The lowest BCUT2D eigenvalue weighted by Gasteiger charge is -2.14. The Morgan fingerprint density at radius 2 is 1.67 bits per heavy atom. The number of methoxy groups -OCH3 is 1. The summed E-state index contributed by atoms with van der Waals surface area (Å²) in [4.78, 5) is 23.9. The summed E-state index contributed by atoms with van der Waals surface area (Å²) >= 11 is 0. The molecule has 0 N–H and O–H groups in total. The maximum Gasteiger partial charge on any atom is 0.338 e. The van der Waals surface area contributed by atoms with Gasteiger partial charge in [-0.2, -0.15) is 0 Å². The molecule has 120 valence electrons. The molecule has 0 radical (unpaired) electrons.